The van der Waals surface area contributed by atoms with Gasteiger partial charge in [-0.05, 0) is 25.2 Å². The van der Waals surface area contributed by atoms with E-state index in [1.807, 2.05) is 24.1 Å². The summed E-state index contributed by atoms with van der Waals surface area (Å²) in [5.41, 5.74) is 3.67. The number of hydrogen-bond acceptors (Lipinski definition) is 2. The van der Waals surface area contributed by atoms with Crippen LogP contribution in [-0.2, 0) is 19.9 Å². The highest BCUT2D eigenvalue weighted by atomic mass is 15.2. The SMILES string of the molecule is CCC1CCc2nc(-c3cnn(C)c3)[nH]c2C1. The van der Waals surface area contributed by atoms with Crippen LogP contribution in [0.4, 0.5) is 0 Å². The van der Waals surface area contributed by atoms with Crippen LogP contribution in [0, 0.1) is 5.92 Å². The molecule has 1 aliphatic rings. The molecular formula is C13H18N4. The number of imidazole rings is 1. The Bertz CT molecular complexity index is 523. The van der Waals surface area contributed by atoms with Crippen molar-refractivity contribution in [2.24, 2.45) is 13.0 Å². The molecule has 2 heterocycles. The van der Waals surface area contributed by atoms with Gasteiger partial charge in [0.2, 0.25) is 0 Å². The summed E-state index contributed by atoms with van der Waals surface area (Å²) in [7, 11) is 1.93. The third-order valence-electron chi connectivity index (χ3n) is 3.70. The Morgan fingerprint density at radius 1 is 1.53 bits per heavy atom. The van der Waals surface area contributed by atoms with E-state index >= 15 is 0 Å². The third kappa shape index (κ3) is 1.88. The first-order chi connectivity index (χ1) is 8.26. The van der Waals surface area contributed by atoms with Gasteiger partial charge in [0.15, 0.2) is 0 Å². The molecule has 17 heavy (non-hydrogen) atoms. The normalized spacial score (nSPS) is 19.3. The standard InChI is InChI=1S/C13H18N4/c1-3-9-4-5-11-12(6-9)16-13(15-11)10-7-14-17(2)8-10/h7-9H,3-6H2,1-2H3,(H,15,16). The Balaban J connectivity index is 1.92. The summed E-state index contributed by atoms with van der Waals surface area (Å²) in [5, 5.41) is 4.19. The number of aromatic nitrogens is 4. The van der Waals surface area contributed by atoms with E-state index < -0.39 is 0 Å². The maximum absolute atomic E-state index is 4.69. The monoisotopic (exact) mass is 230 g/mol. The van der Waals surface area contributed by atoms with Crippen molar-refractivity contribution < 1.29 is 0 Å². The maximum Gasteiger partial charge on any atom is 0.141 e. The van der Waals surface area contributed by atoms with Crippen molar-refractivity contribution >= 4 is 0 Å². The van der Waals surface area contributed by atoms with Gasteiger partial charge in [0.25, 0.3) is 0 Å². The topological polar surface area (TPSA) is 46.5 Å². The lowest BCUT2D eigenvalue weighted by Gasteiger charge is -2.18. The quantitative estimate of drug-likeness (QED) is 0.860. The summed E-state index contributed by atoms with van der Waals surface area (Å²) < 4.78 is 1.81. The Kier molecular flexibility index (Phi) is 2.50. The summed E-state index contributed by atoms with van der Waals surface area (Å²) >= 11 is 0. The predicted octanol–water partition coefficient (Wildman–Crippen LogP) is 2.33. The Hall–Kier alpha value is -1.58. The zero-order valence-electron chi connectivity index (χ0n) is 10.4. The molecule has 0 saturated heterocycles. The number of rotatable bonds is 2. The van der Waals surface area contributed by atoms with Gasteiger partial charge in [-0.3, -0.25) is 4.68 Å². The van der Waals surface area contributed by atoms with E-state index in [1.165, 1.54) is 24.2 Å². The van der Waals surface area contributed by atoms with Crippen molar-refractivity contribution in [3.63, 3.8) is 0 Å². The van der Waals surface area contributed by atoms with Crippen molar-refractivity contribution in [2.75, 3.05) is 0 Å². The fourth-order valence-electron chi connectivity index (χ4n) is 2.58. The molecule has 0 amide bonds. The minimum Gasteiger partial charge on any atom is -0.342 e. The highest BCUT2D eigenvalue weighted by Crippen LogP contribution is 2.28. The number of H-pyrrole nitrogens is 1. The third-order valence-corrected chi connectivity index (χ3v) is 3.70. The van der Waals surface area contributed by atoms with Crippen molar-refractivity contribution in [2.45, 2.75) is 32.6 Å². The van der Waals surface area contributed by atoms with E-state index in [2.05, 4.69) is 17.0 Å². The Labute approximate surface area is 101 Å². The average molecular weight is 230 g/mol. The van der Waals surface area contributed by atoms with Gasteiger partial charge >= 0.3 is 0 Å². The van der Waals surface area contributed by atoms with E-state index in [-0.39, 0.29) is 0 Å². The van der Waals surface area contributed by atoms with E-state index in [1.54, 1.807) is 0 Å². The lowest BCUT2D eigenvalue weighted by molar-refractivity contribution is 0.438. The summed E-state index contributed by atoms with van der Waals surface area (Å²) in [6, 6.07) is 0. The Morgan fingerprint density at radius 2 is 2.41 bits per heavy atom. The zero-order valence-corrected chi connectivity index (χ0v) is 10.4. The van der Waals surface area contributed by atoms with Crippen LogP contribution in [0.1, 0.15) is 31.2 Å². The molecule has 0 spiro atoms. The first-order valence-electron chi connectivity index (χ1n) is 6.33. The van der Waals surface area contributed by atoms with Crippen LogP contribution < -0.4 is 0 Å². The molecule has 4 heteroatoms. The minimum absolute atomic E-state index is 0.824. The number of aromatic amines is 1. The second-order valence-corrected chi connectivity index (χ2v) is 4.93. The lowest BCUT2D eigenvalue weighted by Crippen LogP contribution is -2.12. The molecule has 0 aliphatic heterocycles. The molecule has 1 aliphatic carbocycles. The van der Waals surface area contributed by atoms with Crippen LogP contribution in [0.15, 0.2) is 12.4 Å². The number of fused-ring (bicyclic) bond motifs is 1. The van der Waals surface area contributed by atoms with Crippen LogP contribution >= 0.6 is 0 Å². The van der Waals surface area contributed by atoms with Gasteiger partial charge in [0, 0.05) is 18.9 Å². The summed E-state index contributed by atoms with van der Waals surface area (Å²) in [6.07, 6.45) is 8.67. The van der Waals surface area contributed by atoms with E-state index in [0.717, 1.165) is 30.1 Å². The second-order valence-electron chi connectivity index (χ2n) is 4.93. The molecule has 3 rings (SSSR count). The largest absolute Gasteiger partial charge is 0.342 e. The summed E-state index contributed by atoms with van der Waals surface area (Å²) in [4.78, 5) is 8.16. The number of nitrogens with zero attached hydrogens (tertiary/aromatic N) is 3. The van der Waals surface area contributed by atoms with Gasteiger partial charge in [0.1, 0.15) is 5.82 Å². The summed E-state index contributed by atoms with van der Waals surface area (Å²) in [6.45, 7) is 2.27. The molecule has 1 N–H and O–H groups in total. The molecule has 1 unspecified atom stereocenters. The van der Waals surface area contributed by atoms with Crippen molar-refractivity contribution in [1.82, 2.24) is 19.7 Å². The molecule has 0 aromatic carbocycles. The van der Waals surface area contributed by atoms with Crippen molar-refractivity contribution in [1.29, 1.82) is 0 Å². The first kappa shape index (κ1) is 10.6. The Morgan fingerprint density at radius 3 is 3.12 bits per heavy atom. The highest BCUT2D eigenvalue weighted by Gasteiger charge is 2.21. The fourth-order valence-corrected chi connectivity index (χ4v) is 2.58. The number of nitrogens with one attached hydrogen (secondary N) is 1. The van der Waals surface area contributed by atoms with Crippen molar-refractivity contribution in [3.05, 3.63) is 23.8 Å². The lowest BCUT2D eigenvalue weighted by atomic mass is 9.88. The van der Waals surface area contributed by atoms with Crippen molar-refractivity contribution in [3.8, 4) is 11.4 Å². The molecule has 0 bridgehead atoms. The van der Waals surface area contributed by atoms with Gasteiger partial charge < -0.3 is 4.98 Å². The van der Waals surface area contributed by atoms with Gasteiger partial charge in [-0.25, -0.2) is 4.98 Å². The van der Waals surface area contributed by atoms with Gasteiger partial charge in [0.05, 0.1) is 17.5 Å². The van der Waals surface area contributed by atoms with Gasteiger partial charge in [-0.2, -0.15) is 5.10 Å². The predicted molar refractivity (Wildman–Crippen MR) is 66.6 cm³/mol. The average Bonchev–Trinajstić information content (AvgIpc) is 2.93. The van der Waals surface area contributed by atoms with E-state index in [4.69, 9.17) is 4.98 Å². The van der Waals surface area contributed by atoms with Crippen LogP contribution in [-0.4, -0.2) is 19.7 Å². The van der Waals surface area contributed by atoms with Crippen LogP contribution in [0.3, 0.4) is 0 Å². The highest BCUT2D eigenvalue weighted by molar-refractivity contribution is 5.53. The van der Waals surface area contributed by atoms with E-state index in [9.17, 15) is 0 Å². The van der Waals surface area contributed by atoms with Crippen LogP contribution in [0.25, 0.3) is 11.4 Å². The molecule has 0 radical (unpaired) electrons. The zero-order chi connectivity index (χ0) is 11.8. The van der Waals surface area contributed by atoms with E-state index in [0.29, 0.717) is 0 Å². The second kappa shape index (κ2) is 4.02. The number of aryl methyl sites for hydroxylation is 2. The maximum atomic E-state index is 4.69. The van der Waals surface area contributed by atoms with Crippen LogP contribution in [0.2, 0.25) is 0 Å². The molecule has 0 saturated carbocycles. The molecule has 4 nitrogen and oxygen atoms in total. The minimum atomic E-state index is 0.824. The molecule has 2 aromatic rings. The molecule has 1 atom stereocenters. The fraction of sp³-hybridized carbons (Fsp3) is 0.538. The van der Waals surface area contributed by atoms with Crippen LogP contribution in [0.5, 0.6) is 0 Å². The number of hydrogen-bond donors (Lipinski definition) is 1. The first-order valence-corrected chi connectivity index (χ1v) is 6.33. The van der Waals surface area contributed by atoms with Gasteiger partial charge in [-0.1, -0.05) is 13.3 Å². The van der Waals surface area contributed by atoms with Gasteiger partial charge in [-0.15, -0.1) is 0 Å². The molecule has 2 aromatic heterocycles. The summed E-state index contributed by atoms with van der Waals surface area (Å²) in [5.74, 6) is 1.80. The molecule has 0 fully saturated rings. The smallest absolute Gasteiger partial charge is 0.141 e. The molecule has 90 valence electrons. The molecular weight excluding hydrogens is 212 g/mol.